The fraction of sp³-hybridized carbons (Fsp3) is 0.500. The van der Waals surface area contributed by atoms with Gasteiger partial charge in [-0.25, -0.2) is 0 Å². The van der Waals surface area contributed by atoms with E-state index in [1.54, 1.807) is 0 Å². The normalized spacial score (nSPS) is 19.2. The molecule has 1 aromatic carbocycles. The summed E-state index contributed by atoms with van der Waals surface area (Å²) < 4.78 is 2.12. The number of piperazine rings is 1. The van der Waals surface area contributed by atoms with Gasteiger partial charge in [0.1, 0.15) is 5.75 Å². The lowest BCUT2D eigenvalue weighted by atomic mass is 10.1. The highest BCUT2D eigenvalue weighted by Crippen LogP contribution is 2.33. The van der Waals surface area contributed by atoms with Crippen LogP contribution < -0.4 is 5.32 Å². The summed E-state index contributed by atoms with van der Waals surface area (Å²) >= 11 is 4.50. The van der Waals surface area contributed by atoms with Gasteiger partial charge in [-0.15, -0.1) is 0 Å². The van der Waals surface area contributed by atoms with Crippen molar-refractivity contribution >= 4 is 45.2 Å². The fourth-order valence-corrected chi connectivity index (χ4v) is 4.06. The smallest absolute Gasteiger partial charge is 0.133 e. The Balaban J connectivity index is 2.26. The molecule has 0 bridgehead atoms. The van der Waals surface area contributed by atoms with Crippen molar-refractivity contribution in [3.8, 4) is 5.75 Å². The van der Waals surface area contributed by atoms with E-state index >= 15 is 0 Å². The van der Waals surface area contributed by atoms with Crippen molar-refractivity contribution in [1.82, 2.24) is 10.2 Å². The first kappa shape index (κ1) is 13.8. The van der Waals surface area contributed by atoms with Gasteiger partial charge in [-0.3, -0.25) is 4.90 Å². The number of phenols is 1. The monoisotopic (exact) mass is 458 g/mol. The van der Waals surface area contributed by atoms with Gasteiger partial charge in [-0.05, 0) is 64.2 Å². The molecular formula is C12H16I2N2O. The van der Waals surface area contributed by atoms with Crippen molar-refractivity contribution in [3.05, 3.63) is 24.8 Å². The second-order valence-corrected chi connectivity index (χ2v) is 6.70. The first-order chi connectivity index (χ1) is 8.09. The molecule has 94 valence electrons. The van der Waals surface area contributed by atoms with Crippen LogP contribution >= 0.6 is 45.2 Å². The lowest BCUT2D eigenvalue weighted by Gasteiger charge is -2.33. The van der Waals surface area contributed by atoms with Gasteiger partial charge < -0.3 is 10.4 Å². The average molecular weight is 458 g/mol. The van der Waals surface area contributed by atoms with Crippen molar-refractivity contribution < 1.29 is 5.11 Å². The molecule has 0 radical (unpaired) electrons. The molecule has 1 aliphatic rings. The van der Waals surface area contributed by atoms with E-state index in [4.69, 9.17) is 0 Å². The average Bonchev–Trinajstić information content (AvgIpc) is 2.34. The first-order valence-corrected chi connectivity index (χ1v) is 7.88. The van der Waals surface area contributed by atoms with E-state index in [1.807, 2.05) is 6.07 Å². The molecule has 1 saturated heterocycles. The van der Waals surface area contributed by atoms with Crippen molar-refractivity contribution in [3.63, 3.8) is 0 Å². The molecule has 17 heavy (non-hydrogen) atoms. The Kier molecular flexibility index (Phi) is 4.90. The molecule has 1 aliphatic heterocycles. The highest BCUT2D eigenvalue weighted by Gasteiger charge is 2.21. The Morgan fingerprint density at radius 3 is 2.59 bits per heavy atom. The van der Waals surface area contributed by atoms with Crippen molar-refractivity contribution in [2.45, 2.75) is 13.0 Å². The van der Waals surface area contributed by atoms with E-state index in [-0.39, 0.29) is 6.04 Å². The van der Waals surface area contributed by atoms with Gasteiger partial charge in [-0.2, -0.15) is 0 Å². The quantitative estimate of drug-likeness (QED) is 0.670. The molecular weight excluding hydrogens is 442 g/mol. The summed E-state index contributed by atoms with van der Waals surface area (Å²) in [6, 6.07) is 4.37. The lowest BCUT2D eigenvalue weighted by Crippen LogP contribution is -2.44. The second-order valence-electron chi connectivity index (χ2n) is 4.29. The van der Waals surface area contributed by atoms with Crippen LogP contribution in [0.2, 0.25) is 0 Å². The van der Waals surface area contributed by atoms with Gasteiger partial charge in [0.05, 0.1) is 3.57 Å². The van der Waals surface area contributed by atoms with Crippen molar-refractivity contribution in [2.24, 2.45) is 0 Å². The summed E-state index contributed by atoms with van der Waals surface area (Å²) in [7, 11) is 0. The molecule has 2 rings (SSSR count). The molecule has 0 amide bonds. The number of benzene rings is 1. The van der Waals surface area contributed by atoms with Crippen LogP contribution in [-0.2, 0) is 0 Å². The molecule has 2 N–H and O–H groups in total. The first-order valence-electron chi connectivity index (χ1n) is 5.72. The van der Waals surface area contributed by atoms with E-state index in [9.17, 15) is 5.11 Å². The van der Waals surface area contributed by atoms with E-state index in [0.29, 0.717) is 5.75 Å². The Labute approximate surface area is 129 Å². The van der Waals surface area contributed by atoms with E-state index < -0.39 is 0 Å². The molecule has 1 atom stereocenters. The Bertz CT molecular complexity index is 406. The van der Waals surface area contributed by atoms with Crippen LogP contribution in [0.15, 0.2) is 12.1 Å². The van der Waals surface area contributed by atoms with Gasteiger partial charge in [0, 0.05) is 41.4 Å². The summed E-state index contributed by atoms with van der Waals surface area (Å²) in [5, 5.41) is 13.5. The number of hydrogen-bond acceptors (Lipinski definition) is 3. The highest BCUT2D eigenvalue weighted by atomic mass is 127. The third-order valence-electron chi connectivity index (χ3n) is 3.21. The molecule has 0 aromatic heterocycles. The summed E-state index contributed by atoms with van der Waals surface area (Å²) in [6.07, 6.45) is 0. The molecule has 1 fully saturated rings. The van der Waals surface area contributed by atoms with Gasteiger partial charge in [0.25, 0.3) is 0 Å². The van der Waals surface area contributed by atoms with Crippen LogP contribution in [0.1, 0.15) is 18.5 Å². The molecule has 0 unspecified atom stereocenters. The Morgan fingerprint density at radius 2 is 1.94 bits per heavy atom. The molecule has 5 heteroatoms. The van der Waals surface area contributed by atoms with Crippen LogP contribution in [0.3, 0.4) is 0 Å². The van der Waals surface area contributed by atoms with Gasteiger partial charge >= 0.3 is 0 Å². The van der Waals surface area contributed by atoms with Crippen LogP contribution in [0.5, 0.6) is 5.75 Å². The Hall–Kier alpha value is 0.400. The lowest BCUT2D eigenvalue weighted by molar-refractivity contribution is 0.183. The molecule has 0 aliphatic carbocycles. The van der Waals surface area contributed by atoms with E-state index in [0.717, 1.165) is 35.3 Å². The van der Waals surface area contributed by atoms with Crippen molar-refractivity contribution in [2.75, 3.05) is 26.2 Å². The topological polar surface area (TPSA) is 35.5 Å². The summed E-state index contributed by atoms with van der Waals surface area (Å²) in [4.78, 5) is 2.41. The maximum Gasteiger partial charge on any atom is 0.133 e. The zero-order valence-electron chi connectivity index (χ0n) is 9.71. The third-order valence-corrected chi connectivity index (χ3v) is 4.65. The van der Waals surface area contributed by atoms with Crippen molar-refractivity contribution in [1.29, 1.82) is 0 Å². The largest absolute Gasteiger partial charge is 0.506 e. The minimum atomic E-state index is 0.278. The number of nitrogens with one attached hydrogen (secondary N) is 1. The number of aromatic hydroxyl groups is 1. The van der Waals surface area contributed by atoms with Crippen LogP contribution in [0, 0.1) is 7.14 Å². The molecule has 1 aromatic rings. The second kappa shape index (κ2) is 6.03. The predicted molar refractivity (Wildman–Crippen MR) is 86.4 cm³/mol. The summed E-state index contributed by atoms with van der Waals surface area (Å²) in [5.41, 5.74) is 1.04. The highest BCUT2D eigenvalue weighted by molar-refractivity contribution is 14.1. The van der Waals surface area contributed by atoms with Crippen LogP contribution in [0.4, 0.5) is 0 Å². The molecule has 0 spiro atoms. The number of rotatable bonds is 2. The van der Waals surface area contributed by atoms with Crippen LogP contribution in [0.25, 0.3) is 0 Å². The fourth-order valence-electron chi connectivity index (χ4n) is 2.17. The van der Waals surface area contributed by atoms with Gasteiger partial charge in [0.2, 0.25) is 0 Å². The SMILES string of the molecule is C[C@H](c1cc(I)cc(I)c1O)N1CCNCC1. The predicted octanol–water partition coefficient (Wildman–Crippen LogP) is 2.57. The number of nitrogens with zero attached hydrogens (tertiary/aromatic N) is 1. The number of hydrogen-bond donors (Lipinski definition) is 2. The standard InChI is InChI=1S/C12H16I2N2O/c1-8(16-4-2-15-3-5-16)10-6-9(13)7-11(14)12(10)17/h6-8,15,17H,2-5H2,1H3/t8-/m1/s1. The van der Waals surface area contributed by atoms with Gasteiger partial charge in [0.15, 0.2) is 0 Å². The van der Waals surface area contributed by atoms with E-state index in [2.05, 4.69) is 68.4 Å². The molecule has 0 saturated carbocycles. The number of phenolic OH excluding ortho intramolecular Hbond substituents is 1. The maximum absolute atomic E-state index is 10.2. The third kappa shape index (κ3) is 3.24. The van der Waals surface area contributed by atoms with Gasteiger partial charge in [-0.1, -0.05) is 0 Å². The maximum atomic E-state index is 10.2. The summed E-state index contributed by atoms with van der Waals surface area (Å²) in [6.45, 7) is 6.33. The van der Waals surface area contributed by atoms with Crippen LogP contribution in [-0.4, -0.2) is 36.2 Å². The minimum Gasteiger partial charge on any atom is -0.506 e. The molecule has 1 heterocycles. The van der Waals surface area contributed by atoms with E-state index in [1.165, 1.54) is 3.57 Å². The number of halogens is 2. The molecule has 3 nitrogen and oxygen atoms in total. The minimum absolute atomic E-state index is 0.278. The Morgan fingerprint density at radius 1 is 1.29 bits per heavy atom. The summed E-state index contributed by atoms with van der Waals surface area (Å²) in [5.74, 6) is 0.442. The zero-order valence-corrected chi connectivity index (χ0v) is 14.0. The zero-order chi connectivity index (χ0) is 12.4.